The second-order valence-corrected chi connectivity index (χ2v) is 6.31. The molecule has 3 heteroatoms. The molecule has 1 fully saturated rings. The van der Waals surface area contributed by atoms with Crippen molar-refractivity contribution in [2.75, 3.05) is 25.2 Å². The van der Waals surface area contributed by atoms with Gasteiger partial charge in [-0.05, 0) is 29.5 Å². The van der Waals surface area contributed by atoms with Crippen LogP contribution in [-0.2, 0) is 6.42 Å². The standard InChI is InChI=1S/C15H23NOS/c1-11(2)14-9-12(4-5-15(14)17-3)8-13-10-18-7-6-16-13/h4-5,9,11,13,16H,6-8,10H2,1-3H3. The van der Waals surface area contributed by atoms with Gasteiger partial charge in [0.1, 0.15) is 5.75 Å². The van der Waals surface area contributed by atoms with E-state index in [2.05, 4.69) is 49.1 Å². The largest absolute Gasteiger partial charge is 0.496 e. The predicted molar refractivity (Wildman–Crippen MR) is 79.9 cm³/mol. The molecule has 2 rings (SSSR count). The molecule has 1 aromatic carbocycles. The van der Waals surface area contributed by atoms with Gasteiger partial charge >= 0.3 is 0 Å². The zero-order valence-corrected chi connectivity index (χ0v) is 12.3. The molecule has 1 unspecified atom stereocenters. The van der Waals surface area contributed by atoms with Crippen molar-refractivity contribution in [2.24, 2.45) is 0 Å². The maximum absolute atomic E-state index is 5.43. The number of hydrogen-bond donors (Lipinski definition) is 1. The first-order valence-corrected chi connectivity index (χ1v) is 7.84. The highest BCUT2D eigenvalue weighted by molar-refractivity contribution is 7.99. The van der Waals surface area contributed by atoms with Crippen LogP contribution in [-0.4, -0.2) is 31.2 Å². The molecule has 0 amide bonds. The zero-order valence-electron chi connectivity index (χ0n) is 11.5. The van der Waals surface area contributed by atoms with Gasteiger partial charge in [-0.15, -0.1) is 0 Å². The lowest BCUT2D eigenvalue weighted by atomic mass is 9.97. The van der Waals surface area contributed by atoms with Crippen molar-refractivity contribution in [3.05, 3.63) is 29.3 Å². The van der Waals surface area contributed by atoms with E-state index in [1.54, 1.807) is 7.11 Å². The van der Waals surface area contributed by atoms with Crippen LogP contribution in [0.25, 0.3) is 0 Å². The third kappa shape index (κ3) is 3.42. The van der Waals surface area contributed by atoms with Gasteiger partial charge in [0.15, 0.2) is 0 Å². The zero-order chi connectivity index (χ0) is 13.0. The van der Waals surface area contributed by atoms with Crippen molar-refractivity contribution in [2.45, 2.75) is 32.2 Å². The highest BCUT2D eigenvalue weighted by Crippen LogP contribution is 2.28. The molecular weight excluding hydrogens is 242 g/mol. The molecule has 1 saturated heterocycles. The van der Waals surface area contributed by atoms with Crippen molar-refractivity contribution in [3.8, 4) is 5.75 Å². The summed E-state index contributed by atoms with van der Waals surface area (Å²) in [6, 6.07) is 7.24. The van der Waals surface area contributed by atoms with Crippen LogP contribution in [0.2, 0.25) is 0 Å². The second-order valence-electron chi connectivity index (χ2n) is 5.16. The van der Waals surface area contributed by atoms with Crippen molar-refractivity contribution < 1.29 is 4.74 Å². The molecule has 0 aromatic heterocycles. The van der Waals surface area contributed by atoms with Crippen LogP contribution < -0.4 is 10.1 Å². The summed E-state index contributed by atoms with van der Waals surface area (Å²) in [5.74, 6) is 3.99. The lowest BCUT2D eigenvalue weighted by Crippen LogP contribution is -2.38. The Hall–Kier alpha value is -0.670. The van der Waals surface area contributed by atoms with Crippen LogP contribution in [0.15, 0.2) is 18.2 Å². The Labute approximate surface area is 114 Å². The van der Waals surface area contributed by atoms with Crippen molar-refractivity contribution >= 4 is 11.8 Å². The summed E-state index contributed by atoms with van der Waals surface area (Å²) < 4.78 is 5.43. The SMILES string of the molecule is COc1ccc(CC2CSCCN2)cc1C(C)C. The summed E-state index contributed by atoms with van der Waals surface area (Å²) in [5.41, 5.74) is 2.73. The third-order valence-corrected chi connectivity index (χ3v) is 4.53. The highest BCUT2D eigenvalue weighted by atomic mass is 32.2. The minimum atomic E-state index is 0.508. The average molecular weight is 265 g/mol. The molecule has 1 N–H and O–H groups in total. The van der Waals surface area contributed by atoms with Gasteiger partial charge in [0.25, 0.3) is 0 Å². The van der Waals surface area contributed by atoms with E-state index in [0.717, 1.165) is 18.7 Å². The van der Waals surface area contributed by atoms with E-state index in [1.807, 2.05) is 0 Å². The quantitative estimate of drug-likeness (QED) is 0.904. The van der Waals surface area contributed by atoms with Crippen LogP contribution >= 0.6 is 11.8 Å². The molecule has 1 atom stereocenters. The third-order valence-electron chi connectivity index (χ3n) is 3.40. The smallest absolute Gasteiger partial charge is 0.122 e. The van der Waals surface area contributed by atoms with Gasteiger partial charge < -0.3 is 10.1 Å². The molecule has 0 radical (unpaired) electrons. The normalized spacial score (nSPS) is 20.1. The Balaban J connectivity index is 2.10. The maximum Gasteiger partial charge on any atom is 0.122 e. The summed E-state index contributed by atoms with van der Waals surface area (Å²) in [5, 5.41) is 3.59. The van der Waals surface area contributed by atoms with Gasteiger partial charge in [0.05, 0.1) is 7.11 Å². The van der Waals surface area contributed by atoms with Gasteiger partial charge in [-0.25, -0.2) is 0 Å². The first-order valence-electron chi connectivity index (χ1n) is 6.68. The first-order chi connectivity index (χ1) is 8.70. The summed E-state index contributed by atoms with van der Waals surface area (Å²) in [6.07, 6.45) is 1.12. The predicted octanol–water partition coefficient (Wildman–Crippen LogP) is 3.07. The van der Waals surface area contributed by atoms with Gasteiger partial charge in [-0.2, -0.15) is 11.8 Å². The van der Waals surface area contributed by atoms with E-state index in [-0.39, 0.29) is 0 Å². The molecule has 2 nitrogen and oxygen atoms in total. The van der Waals surface area contributed by atoms with E-state index in [0.29, 0.717) is 12.0 Å². The lowest BCUT2D eigenvalue weighted by molar-refractivity contribution is 0.407. The summed E-state index contributed by atoms with van der Waals surface area (Å²) in [6.45, 7) is 5.58. The minimum Gasteiger partial charge on any atom is -0.496 e. The minimum absolute atomic E-state index is 0.508. The van der Waals surface area contributed by atoms with Crippen molar-refractivity contribution in [1.29, 1.82) is 0 Å². The fraction of sp³-hybridized carbons (Fsp3) is 0.600. The molecule has 0 bridgehead atoms. The Morgan fingerprint density at radius 1 is 1.44 bits per heavy atom. The Bertz CT molecular complexity index is 386. The summed E-state index contributed by atoms with van der Waals surface area (Å²) in [7, 11) is 1.75. The summed E-state index contributed by atoms with van der Waals surface area (Å²) >= 11 is 2.05. The van der Waals surface area contributed by atoms with Crippen LogP contribution in [0.3, 0.4) is 0 Å². The molecule has 0 saturated carbocycles. The average Bonchev–Trinajstić information content (AvgIpc) is 2.40. The van der Waals surface area contributed by atoms with Gasteiger partial charge in [-0.3, -0.25) is 0 Å². The van der Waals surface area contributed by atoms with Crippen LogP contribution in [0.4, 0.5) is 0 Å². The Morgan fingerprint density at radius 3 is 2.89 bits per heavy atom. The molecule has 1 aliphatic rings. The number of ether oxygens (including phenoxy) is 1. The van der Waals surface area contributed by atoms with Gasteiger partial charge in [0, 0.05) is 24.1 Å². The lowest BCUT2D eigenvalue weighted by Gasteiger charge is -2.23. The number of methoxy groups -OCH3 is 1. The van der Waals surface area contributed by atoms with Crippen molar-refractivity contribution in [3.63, 3.8) is 0 Å². The maximum atomic E-state index is 5.43. The summed E-state index contributed by atoms with van der Waals surface area (Å²) in [4.78, 5) is 0. The van der Waals surface area contributed by atoms with E-state index >= 15 is 0 Å². The first kappa shape index (κ1) is 13.8. The molecule has 1 aromatic rings. The topological polar surface area (TPSA) is 21.3 Å². The van der Waals surface area contributed by atoms with E-state index in [9.17, 15) is 0 Å². The van der Waals surface area contributed by atoms with Crippen LogP contribution in [0.1, 0.15) is 30.9 Å². The molecule has 18 heavy (non-hydrogen) atoms. The van der Waals surface area contributed by atoms with Crippen LogP contribution in [0.5, 0.6) is 5.75 Å². The molecular formula is C15H23NOS. The number of hydrogen-bond acceptors (Lipinski definition) is 3. The van der Waals surface area contributed by atoms with Gasteiger partial charge in [0.2, 0.25) is 0 Å². The van der Waals surface area contributed by atoms with Gasteiger partial charge in [-0.1, -0.05) is 26.0 Å². The molecule has 0 spiro atoms. The molecule has 1 aliphatic heterocycles. The highest BCUT2D eigenvalue weighted by Gasteiger charge is 2.15. The fourth-order valence-corrected chi connectivity index (χ4v) is 3.35. The number of nitrogens with one attached hydrogen (secondary N) is 1. The fourth-order valence-electron chi connectivity index (χ4n) is 2.40. The number of thioether (sulfide) groups is 1. The van der Waals surface area contributed by atoms with E-state index in [1.165, 1.54) is 22.6 Å². The van der Waals surface area contributed by atoms with Crippen LogP contribution in [0, 0.1) is 0 Å². The molecule has 100 valence electrons. The Morgan fingerprint density at radius 2 is 2.28 bits per heavy atom. The van der Waals surface area contributed by atoms with E-state index < -0.39 is 0 Å². The number of rotatable bonds is 4. The van der Waals surface area contributed by atoms with Crippen molar-refractivity contribution in [1.82, 2.24) is 5.32 Å². The second kappa shape index (κ2) is 6.48. The number of benzene rings is 1. The molecule has 0 aliphatic carbocycles. The van der Waals surface area contributed by atoms with E-state index in [4.69, 9.17) is 4.74 Å². The molecule has 1 heterocycles. The Kier molecular flexibility index (Phi) is 4.95. The monoisotopic (exact) mass is 265 g/mol.